The quantitative estimate of drug-likeness (QED) is 0.180. The molecule has 2 aromatic rings. The molecule has 0 bridgehead atoms. The zero-order chi connectivity index (χ0) is 43.6. The highest BCUT2D eigenvalue weighted by Crippen LogP contribution is 2.42. The number of fused-ring (bicyclic) bond motifs is 4. The van der Waals surface area contributed by atoms with Gasteiger partial charge in [0.1, 0.15) is 36.1 Å². The Hall–Kier alpha value is -5.51. The number of ketones is 2. The molecule has 1 N–H and O–H groups in total. The number of esters is 2. The van der Waals surface area contributed by atoms with Crippen LogP contribution in [0.25, 0.3) is 11.1 Å². The number of benzene rings is 2. The highest BCUT2D eigenvalue weighted by molar-refractivity contribution is 6.04. The van der Waals surface area contributed by atoms with Crippen molar-refractivity contribution in [3.63, 3.8) is 0 Å². The molecule has 0 aromatic heterocycles. The molecule has 16 heteroatoms. The van der Waals surface area contributed by atoms with Crippen LogP contribution in [0, 0.1) is 11.8 Å². The number of nitrogens with one attached hydrogen (secondary N) is 1. The van der Waals surface area contributed by atoms with E-state index in [1.54, 1.807) is 66.0 Å². The van der Waals surface area contributed by atoms with E-state index in [0.29, 0.717) is 49.2 Å². The number of nitrogens with zero attached hydrogens (tertiary/aromatic N) is 2. The molecule has 3 aliphatic heterocycles. The minimum Gasteiger partial charge on any atom is -0.488 e. The minimum absolute atomic E-state index is 0.0968. The van der Waals surface area contributed by atoms with E-state index in [2.05, 4.69) is 5.32 Å². The predicted octanol–water partition coefficient (Wildman–Crippen LogP) is 5.04. The number of carbonyl (C=O) groups is 7. The van der Waals surface area contributed by atoms with Gasteiger partial charge in [-0.25, -0.2) is 19.2 Å². The highest BCUT2D eigenvalue weighted by Gasteiger charge is 2.45. The third kappa shape index (κ3) is 9.43. The standard InChI is InChI=1S/C44H55N3O13/c1-23(2)37(45-42(53)56-8)39(50)47-24(3)9-13-32(47)41(52)59-35-14-11-26-17-31-29-12-10-27(16-28(29)21-57-36(31)18-30(26)38(35)49)34(48)22-58-40(51)33-15-25(20-55-7)19-46(33)43(54)60-44(4,5)6/h10,12,16-18,23-25,32-33,35,37H,9,11,13-15,19-22H2,1-8H3,(H,45,53)/t24-,25-,32?,33?,35?,37-/m0/s1. The van der Waals surface area contributed by atoms with Gasteiger partial charge in [0.05, 0.1) is 13.7 Å². The first-order valence-corrected chi connectivity index (χ1v) is 20.4. The predicted molar refractivity (Wildman–Crippen MR) is 214 cm³/mol. The molecule has 1 aliphatic carbocycles. The fraction of sp³-hybridized carbons (Fsp3) is 0.568. The van der Waals surface area contributed by atoms with Crippen molar-refractivity contribution >= 4 is 41.6 Å². The third-order valence-corrected chi connectivity index (χ3v) is 11.4. The summed E-state index contributed by atoms with van der Waals surface area (Å²) in [4.78, 5) is 95.3. The van der Waals surface area contributed by atoms with Gasteiger partial charge in [-0.1, -0.05) is 26.0 Å². The lowest BCUT2D eigenvalue weighted by Crippen LogP contribution is -2.56. The van der Waals surface area contributed by atoms with Gasteiger partial charge in [-0.2, -0.15) is 0 Å². The van der Waals surface area contributed by atoms with Gasteiger partial charge in [0.15, 0.2) is 18.5 Å². The number of aryl methyl sites for hydroxylation is 1. The third-order valence-electron chi connectivity index (χ3n) is 11.4. The summed E-state index contributed by atoms with van der Waals surface area (Å²) < 4.78 is 32.9. The average Bonchev–Trinajstić information content (AvgIpc) is 3.82. The Bertz CT molecular complexity index is 2040. The molecule has 6 atom stereocenters. The zero-order valence-corrected chi connectivity index (χ0v) is 35.5. The van der Waals surface area contributed by atoms with Gasteiger partial charge in [-0.05, 0) is 101 Å². The number of alkyl carbamates (subject to hydrolysis) is 1. The van der Waals surface area contributed by atoms with Crippen molar-refractivity contribution in [2.75, 3.05) is 34.0 Å². The molecule has 60 heavy (non-hydrogen) atoms. The van der Waals surface area contributed by atoms with Crippen molar-refractivity contribution in [1.82, 2.24) is 15.1 Å². The molecule has 0 radical (unpaired) electrons. The number of hydrogen-bond donors (Lipinski definition) is 1. The van der Waals surface area contributed by atoms with Gasteiger partial charge in [0.25, 0.3) is 0 Å². The van der Waals surface area contributed by atoms with Gasteiger partial charge >= 0.3 is 24.1 Å². The van der Waals surface area contributed by atoms with Gasteiger partial charge < -0.3 is 38.6 Å². The van der Waals surface area contributed by atoms with Crippen molar-refractivity contribution in [3.8, 4) is 16.9 Å². The number of methoxy groups -OCH3 is 2. The van der Waals surface area contributed by atoms with E-state index >= 15 is 0 Å². The highest BCUT2D eigenvalue weighted by atomic mass is 16.6. The molecule has 324 valence electrons. The van der Waals surface area contributed by atoms with Crippen LogP contribution in [0.3, 0.4) is 0 Å². The number of rotatable bonds is 11. The summed E-state index contributed by atoms with van der Waals surface area (Å²) in [5, 5.41) is 2.57. The van der Waals surface area contributed by atoms with Crippen LogP contribution in [0.1, 0.15) is 99.1 Å². The first-order valence-electron chi connectivity index (χ1n) is 20.4. The van der Waals surface area contributed by atoms with Crippen LogP contribution in [-0.4, -0.2) is 121 Å². The van der Waals surface area contributed by atoms with Crippen LogP contribution in [0.2, 0.25) is 0 Å². The summed E-state index contributed by atoms with van der Waals surface area (Å²) in [5.41, 5.74) is 2.98. The van der Waals surface area contributed by atoms with Gasteiger partial charge in [0, 0.05) is 42.3 Å². The topological polar surface area (TPSA) is 193 Å². The van der Waals surface area contributed by atoms with Crippen molar-refractivity contribution in [1.29, 1.82) is 0 Å². The summed E-state index contributed by atoms with van der Waals surface area (Å²) in [6.45, 7) is 10.8. The summed E-state index contributed by atoms with van der Waals surface area (Å²) in [6.07, 6.45) is -0.538. The van der Waals surface area contributed by atoms with Crippen molar-refractivity contribution in [2.45, 2.75) is 116 Å². The molecule has 2 aromatic carbocycles. The lowest BCUT2D eigenvalue weighted by atomic mass is 9.84. The Morgan fingerprint density at radius 1 is 0.917 bits per heavy atom. The molecule has 16 nitrogen and oxygen atoms in total. The number of Topliss-reactive ketones (excluding diaryl/α,β-unsaturated/α-hetero) is 2. The molecule has 4 aliphatic rings. The van der Waals surface area contributed by atoms with Crippen molar-refractivity contribution in [2.24, 2.45) is 11.8 Å². The van der Waals surface area contributed by atoms with Crippen LogP contribution in [0.4, 0.5) is 9.59 Å². The number of carbonyl (C=O) groups excluding carboxylic acids is 7. The van der Waals surface area contributed by atoms with E-state index in [1.165, 1.54) is 16.9 Å². The maximum Gasteiger partial charge on any atom is 0.411 e. The van der Waals surface area contributed by atoms with E-state index in [4.69, 9.17) is 28.4 Å². The van der Waals surface area contributed by atoms with Crippen molar-refractivity contribution in [3.05, 3.63) is 52.6 Å². The summed E-state index contributed by atoms with van der Waals surface area (Å²) in [7, 11) is 2.76. The maximum atomic E-state index is 13.8. The second-order valence-electron chi connectivity index (χ2n) is 17.3. The van der Waals surface area contributed by atoms with Crippen LogP contribution < -0.4 is 10.1 Å². The summed E-state index contributed by atoms with van der Waals surface area (Å²) in [5.74, 6) is -2.50. The first kappa shape index (κ1) is 44.1. The van der Waals surface area contributed by atoms with E-state index in [0.717, 1.165) is 22.3 Å². The van der Waals surface area contributed by atoms with Gasteiger partial charge in [-0.15, -0.1) is 0 Å². The molecule has 0 saturated carbocycles. The Labute approximate surface area is 349 Å². The number of ether oxygens (including phenoxy) is 6. The van der Waals surface area contributed by atoms with E-state index < -0.39 is 72.3 Å². The van der Waals surface area contributed by atoms with E-state index in [-0.39, 0.29) is 43.2 Å². The SMILES string of the molecule is COC[C@H]1CC(C(=O)OCC(=O)c2ccc3c(c2)COc2cc4c(cc2-3)CCC(OC(=O)C2CC[C@H](C)N2C(=O)[C@@H](NC(=O)OC)C(C)C)C4=O)N(C(=O)OC(C)(C)C)C1. The molecule has 0 spiro atoms. The van der Waals surface area contributed by atoms with Gasteiger partial charge in [-0.3, -0.25) is 19.3 Å². The number of amides is 3. The van der Waals surface area contributed by atoms with Crippen LogP contribution in [-0.2, 0) is 51.1 Å². The lowest BCUT2D eigenvalue weighted by Gasteiger charge is -2.33. The van der Waals surface area contributed by atoms with Crippen LogP contribution in [0.5, 0.6) is 5.75 Å². The summed E-state index contributed by atoms with van der Waals surface area (Å²) >= 11 is 0. The second-order valence-corrected chi connectivity index (χ2v) is 17.3. The van der Waals surface area contributed by atoms with E-state index in [9.17, 15) is 33.6 Å². The fourth-order valence-corrected chi connectivity index (χ4v) is 8.41. The summed E-state index contributed by atoms with van der Waals surface area (Å²) in [6, 6.07) is 5.65. The molecular formula is C44H55N3O13. The Morgan fingerprint density at radius 2 is 1.67 bits per heavy atom. The van der Waals surface area contributed by atoms with Crippen molar-refractivity contribution < 1.29 is 62.0 Å². The fourth-order valence-electron chi connectivity index (χ4n) is 8.41. The molecule has 2 saturated heterocycles. The molecule has 2 fully saturated rings. The van der Waals surface area contributed by atoms with E-state index in [1.807, 2.05) is 13.0 Å². The Morgan fingerprint density at radius 3 is 2.35 bits per heavy atom. The Kier molecular flexibility index (Phi) is 13.2. The number of hydrogen-bond acceptors (Lipinski definition) is 13. The lowest BCUT2D eigenvalue weighted by molar-refractivity contribution is -0.158. The first-order chi connectivity index (χ1) is 28.4. The normalized spacial score (nSPS) is 22.5. The van der Waals surface area contributed by atoms with Crippen LogP contribution >= 0.6 is 0 Å². The smallest absolute Gasteiger partial charge is 0.411 e. The van der Waals surface area contributed by atoms with Crippen LogP contribution in [0.15, 0.2) is 30.3 Å². The average molecular weight is 834 g/mol. The molecule has 3 amide bonds. The number of likely N-dealkylation sites (tertiary alicyclic amines) is 2. The Balaban J connectivity index is 1.10. The molecule has 6 rings (SSSR count). The minimum atomic E-state index is -1.05. The van der Waals surface area contributed by atoms with Gasteiger partial charge in [0.2, 0.25) is 11.7 Å². The largest absolute Gasteiger partial charge is 0.488 e. The molecule has 3 heterocycles. The molecule has 3 unspecified atom stereocenters. The zero-order valence-electron chi connectivity index (χ0n) is 35.5. The maximum absolute atomic E-state index is 13.8. The monoisotopic (exact) mass is 833 g/mol. The second kappa shape index (κ2) is 18.0. The molecular weight excluding hydrogens is 778 g/mol.